The Kier molecular flexibility index (Phi) is 6.08. The molecule has 160 valence electrons. The van der Waals surface area contributed by atoms with Gasteiger partial charge in [-0.3, -0.25) is 9.78 Å². The van der Waals surface area contributed by atoms with Gasteiger partial charge < -0.3 is 10.2 Å². The molecule has 0 saturated heterocycles. The van der Waals surface area contributed by atoms with E-state index < -0.39 is 23.1 Å². The number of pyridine rings is 1. The minimum Gasteiger partial charge on any atom is -0.343 e. The van der Waals surface area contributed by atoms with Gasteiger partial charge in [0.15, 0.2) is 16.8 Å². The molecule has 2 aromatic heterocycles. The first-order chi connectivity index (χ1) is 14.9. The number of carbonyl (C=O) groups is 1. The van der Waals surface area contributed by atoms with Crippen LogP contribution in [0.3, 0.4) is 0 Å². The molecule has 8 heteroatoms. The number of nitrogens with one attached hydrogen (secondary N) is 1. The van der Waals surface area contributed by atoms with E-state index in [-0.39, 0.29) is 0 Å². The van der Waals surface area contributed by atoms with Gasteiger partial charge in [0.05, 0.1) is 12.4 Å². The summed E-state index contributed by atoms with van der Waals surface area (Å²) < 4.78 is 27.6. The van der Waals surface area contributed by atoms with E-state index in [1.807, 2.05) is 23.7 Å². The van der Waals surface area contributed by atoms with Crippen LogP contribution < -0.4 is 10.2 Å². The first-order valence-corrected chi connectivity index (χ1v) is 10.9. The maximum absolute atomic E-state index is 13.8. The summed E-state index contributed by atoms with van der Waals surface area (Å²) in [6.45, 7) is 6.09. The molecule has 0 spiro atoms. The molecule has 1 aliphatic rings. The van der Waals surface area contributed by atoms with Gasteiger partial charge in [-0.05, 0) is 35.6 Å². The fraction of sp³-hybridized carbons (Fsp3) is 0.261. The molecule has 1 amide bonds. The molecule has 1 aliphatic heterocycles. The van der Waals surface area contributed by atoms with Gasteiger partial charge in [-0.15, -0.1) is 11.3 Å². The number of benzene rings is 1. The highest BCUT2D eigenvalue weighted by atomic mass is 32.1. The zero-order valence-electron chi connectivity index (χ0n) is 17.2. The topological polar surface area (TPSA) is 58.1 Å². The van der Waals surface area contributed by atoms with Crippen molar-refractivity contribution in [3.8, 4) is 0 Å². The molecule has 5 nitrogen and oxygen atoms in total. The van der Waals surface area contributed by atoms with Gasteiger partial charge in [0.25, 0.3) is 5.91 Å². The lowest BCUT2D eigenvalue weighted by Gasteiger charge is -2.32. The molecule has 3 aromatic rings. The number of halogens is 2. The Hall–Kier alpha value is -3.13. The molecule has 1 N–H and O–H groups in total. The van der Waals surface area contributed by atoms with Crippen LogP contribution in [0.5, 0.6) is 0 Å². The molecule has 4 rings (SSSR count). The lowest BCUT2D eigenvalue weighted by Crippen LogP contribution is -2.32. The molecule has 0 unspecified atom stereocenters. The Morgan fingerprint density at radius 2 is 1.87 bits per heavy atom. The van der Waals surface area contributed by atoms with E-state index in [0.717, 1.165) is 42.6 Å². The van der Waals surface area contributed by atoms with Crippen LogP contribution in [0.25, 0.3) is 5.57 Å². The Labute approximate surface area is 183 Å². The summed E-state index contributed by atoms with van der Waals surface area (Å²) in [5.41, 5.74) is 3.54. The number of carbonyl (C=O) groups excluding carboxylic acids is 1. The summed E-state index contributed by atoms with van der Waals surface area (Å²) in [6, 6.07) is 7.35. The van der Waals surface area contributed by atoms with Gasteiger partial charge in [-0.1, -0.05) is 31.6 Å². The Morgan fingerprint density at radius 1 is 1.16 bits per heavy atom. The average molecular weight is 441 g/mol. The van der Waals surface area contributed by atoms with E-state index in [0.29, 0.717) is 11.6 Å². The first kappa shape index (κ1) is 21.1. The van der Waals surface area contributed by atoms with Gasteiger partial charge in [0.1, 0.15) is 5.56 Å². The van der Waals surface area contributed by atoms with Crippen LogP contribution in [-0.2, 0) is 0 Å². The third kappa shape index (κ3) is 4.49. The third-order valence-electron chi connectivity index (χ3n) is 5.35. The molecule has 3 heterocycles. The Balaban J connectivity index is 1.56. The Morgan fingerprint density at radius 3 is 2.48 bits per heavy atom. The number of aromatic nitrogens is 2. The van der Waals surface area contributed by atoms with Crippen LogP contribution >= 0.6 is 11.3 Å². The fourth-order valence-electron chi connectivity index (χ4n) is 3.80. The van der Waals surface area contributed by atoms with Crippen molar-refractivity contribution in [3.05, 3.63) is 76.6 Å². The quantitative estimate of drug-likeness (QED) is 0.578. The van der Waals surface area contributed by atoms with Crippen molar-refractivity contribution in [1.82, 2.24) is 9.97 Å². The lowest BCUT2D eigenvalue weighted by molar-refractivity contribution is 0.101. The highest BCUT2D eigenvalue weighted by Crippen LogP contribution is 2.34. The third-order valence-corrected chi connectivity index (χ3v) is 6.18. The van der Waals surface area contributed by atoms with E-state index in [9.17, 15) is 13.6 Å². The van der Waals surface area contributed by atoms with Crippen LogP contribution in [0.1, 0.15) is 36.2 Å². The molecular formula is C23H22F2N4OS. The van der Waals surface area contributed by atoms with Crippen molar-refractivity contribution in [2.75, 3.05) is 23.3 Å². The smallest absolute Gasteiger partial charge is 0.261 e. The summed E-state index contributed by atoms with van der Waals surface area (Å²) >= 11 is 1.62. The monoisotopic (exact) mass is 440 g/mol. The van der Waals surface area contributed by atoms with E-state index in [1.54, 1.807) is 23.5 Å². The van der Waals surface area contributed by atoms with Gasteiger partial charge in [0, 0.05) is 30.4 Å². The predicted molar refractivity (Wildman–Crippen MR) is 119 cm³/mol. The minimum absolute atomic E-state index is 0.422. The van der Waals surface area contributed by atoms with Gasteiger partial charge in [-0.2, -0.15) is 0 Å². The van der Waals surface area contributed by atoms with Gasteiger partial charge >= 0.3 is 0 Å². The second-order valence-corrected chi connectivity index (χ2v) is 8.53. The number of amides is 1. The predicted octanol–water partition coefficient (Wildman–Crippen LogP) is 5.39. The number of thiazole rings is 1. The van der Waals surface area contributed by atoms with Crippen LogP contribution in [0.15, 0.2) is 53.8 Å². The van der Waals surface area contributed by atoms with Crippen molar-refractivity contribution in [3.63, 3.8) is 0 Å². The van der Waals surface area contributed by atoms with Crippen LogP contribution in [-0.4, -0.2) is 29.0 Å². The molecule has 0 fully saturated rings. The number of nitrogens with zero attached hydrogens (tertiary/aromatic N) is 3. The molecule has 0 saturated carbocycles. The van der Waals surface area contributed by atoms with E-state index in [4.69, 9.17) is 0 Å². The fourth-order valence-corrected chi connectivity index (χ4v) is 4.47. The van der Waals surface area contributed by atoms with Crippen LogP contribution in [0, 0.1) is 17.6 Å². The maximum Gasteiger partial charge on any atom is 0.261 e. The highest BCUT2D eigenvalue weighted by Gasteiger charge is 2.23. The lowest BCUT2D eigenvalue weighted by atomic mass is 9.87. The van der Waals surface area contributed by atoms with Gasteiger partial charge in [0.2, 0.25) is 0 Å². The second kappa shape index (κ2) is 8.93. The second-order valence-electron chi connectivity index (χ2n) is 7.65. The number of hydrogen-bond acceptors (Lipinski definition) is 5. The molecule has 1 aromatic carbocycles. The first-order valence-electron chi connectivity index (χ1n) is 10.0. The molecule has 31 heavy (non-hydrogen) atoms. The number of anilines is 2. The Bertz CT molecular complexity index is 1090. The zero-order chi connectivity index (χ0) is 22.0. The number of rotatable bonds is 5. The van der Waals surface area contributed by atoms with Crippen molar-refractivity contribution >= 4 is 33.6 Å². The molecular weight excluding hydrogens is 418 g/mol. The summed E-state index contributed by atoms with van der Waals surface area (Å²) in [6.07, 6.45) is 4.41. The minimum atomic E-state index is -0.995. The highest BCUT2D eigenvalue weighted by molar-refractivity contribution is 7.13. The summed E-state index contributed by atoms with van der Waals surface area (Å²) in [5, 5.41) is 5.53. The van der Waals surface area contributed by atoms with E-state index >= 15 is 0 Å². The molecule has 0 atom stereocenters. The largest absolute Gasteiger partial charge is 0.343 e. The molecule has 0 aliphatic carbocycles. The van der Waals surface area contributed by atoms with Crippen molar-refractivity contribution in [1.29, 1.82) is 0 Å². The summed E-state index contributed by atoms with van der Waals surface area (Å²) in [4.78, 5) is 22.4. The van der Waals surface area contributed by atoms with Crippen LogP contribution in [0.2, 0.25) is 0 Å². The normalized spacial score (nSPS) is 14.3. The zero-order valence-corrected chi connectivity index (χ0v) is 18.0. The average Bonchev–Trinajstić information content (AvgIpc) is 3.29. The SMILES string of the molecule is CC(C)C1=C(c2ccc(NC(=O)c3c(F)cncc3F)cc2)CN(c2nccs2)CC1. The van der Waals surface area contributed by atoms with Crippen molar-refractivity contribution in [2.24, 2.45) is 5.92 Å². The van der Waals surface area contributed by atoms with Crippen molar-refractivity contribution in [2.45, 2.75) is 20.3 Å². The summed E-state index contributed by atoms with van der Waals surface area (Å²) in [7, 11) is 0. The van der Waals surface area contributed by atoms with E-state index in [1.165, 1.54) is 11.1 Å². The van der Waals surface area contributed by atoms with E-state index in [2.05, 4.69) is 34.0 Å². The molecule has 0 radical (unpaired) electrons. The van der Waals surface area contributed by atoms with Gasteiger partial charge in [-0.25, -0.2) is 13.8 Å². The molecule has 0 bridgehead atoms. The standard InChI is InChI=1S/C23H22F2N4OS/c1-14(2)17-7-9-29(23-27-8-10-31-23)13-18(17)15-3-5-16(6-4-15)28-22(30)21-19(24)11-26-12-20(21)25/h3-6,8,10-12,14H,7,9,13H2,1-2H3,(H,28,30). The number of hydrogen-bond donors (Lipinski definition) is 1. The summed E-state index contributed by atoms with van der Waals surface area (Å²) in [5.74, 6) is -2.42. The van der Waals surface area contributed by atoms with Crippen LogP contribution in [0.4, 0.5) is 19.6 Å². The van der Waals surface area contributed by atoms with Crippen molar-refractivity contribution < 1.29 is 13.6 Å². The maximum atomic E-state index is 13.8.